The van der Waals surface area contributed by atoms with Crippen molar-refractivity contribution in [1.29, 1.82) is 0 Å². The number of allylic oxidation sites excluding steroid dienone is 3. The summed E-state index contributed by atoms with van der Waals surface area (Å²) in [6.07, 6.45) is -5.57. The highest BCUT2D eigenvalue weighted by Crippen LogP contribution is 2.35. The summed E-state index contributed by atoms with van der Waals surface area (Å²) >= 11 is 2.26. The summed E-state index contributed by atoms with van der Waals surface area (Å²) in [5.74, 6) is -2.59. The van der Waals surface area contributed by atoms with E-state index in [4.69, 9.17) is 28.4 Å². The fraction of sp³-hybridized carbons (Fsp3) is 0.842. The minimum absolute atomic E-state index is 0.0149. The van der Waals surface area contributed by atoms with Gasteiger partial charge in [-0.05, 0) is 70.6 Å². The lowest BCUT2D eigenvalue weighted by Gasteiger charge is -2.46. The molecule has 5 N–H and O–H groups in total. The fourth-order valence-corrected chi connectivity index (χ4v) is 8.38. The Hall–Kier alpha value is -1.09. The number of aliphatic hydroxyl groups is 5. The van der Waals surface area contributed by atoms with Gasteiger partial charge in [-0.1, -0.05) is 61.1 Å². The van der Waals surface area contributed by atoms with Crippen molar-refractivity contribution >= 4 is 34.3 Å². The normalized spacial score (nSPS) is 44.3. The van der Waals surface area contributed by atoms with Crippen molar-refractivity contribution < 1.29 is 63.5 Å². The van der Waals surface area contributed by atoms with Gasteiger partial charge in [0.1, 0.15) is 30.5 Å². The van der Waals surface area contributed by atoms with Crippen molar-refractivity contribution in [3.63, 3.8) is 0 Å². The predicted molar refractivity (Wildman–Crippen MR) is 204 cm³/mol. The number of carbonyl (C=O) groups is 2. The number of nitrogens with zero attached hydrogens (tertiary/aromatic N) is 1. The average Bonchev–Trinajstić information content (AvgIpc) is 3.10. The fourth-order valence-electron chi connectivity index (χ4n) is 7.58. The number of ether oxygens (including phenoxy) is 6. The molecule has 3 heterocycles. The van der Waals surface area contributed by atoms with E-state index in [1.807, 2.05) is 26.8 Å². The number of likely N-dealkylation sites (N-methyl/N-ethyl adjacent to an activating group) is 1. The molecule has 53 heavy (non-hydrogen) atoms. The molecule has 3 aliphatic rings. The summed E-state index contributed by atoms with van der Waals surface area (Å²) in [5, 5.41) is 54.6. The summed E-state index contributed by atoms with van der Waals surface area (Å²) in [6, 6.07) is -0.678. The van der Waals surface area contributed by atoms with Gasteiger partial charge in [0.2, 0.25) is 0 Å². The van der Waals surface area contributed by atoms with Gasteiger partial charge in [0.05, 0.1) is 49.6 Å². The maximum absolute atomic E-state index is 13.6. The monoisotopic (exact) mass is 869 g/mol. The Morgan fingerprint density at radius 3 is 2.15 bits per heavy atom. The molecule has 0 aromatic carbocycles. The molecule has 2 fully saturated rings. The number of rotatable bonds is 10. The van der Waals surface area contributed by atoms with E-state index in [-0.39, 0.29) is 24.7 Å². The average molecular weight is 870 g/mol. The zero-order chi connectivity index (χ0) is 39.7. The summed E-state index contributed by atoms with van der Waals surface area (Å²) in [6.45, 7) is 10.6. The number of aliphatic hydroxyl groups excluding tert-OH is 5. The maximum Gasteiger partial charge on any atom is 0.308 e. The predicted octanol–water partition coefficient (Wildman–Crippen LogP) is 2.14. The Labute approximate surface area is 328 Å². The second-order valence-electron chi connectivity index (χ2n) is 15.2. The molecule has 0 aliphatic carbocycles. The van der Waals surface area contributed by atoms with E-state index < -0.39 is 103 Å². The number of halogens is 1. The lowest BCUT2D eigenvalue weighted by Crippen LogP contribution is -2.63. The van der Waals surface area contributed by atoms with Gasteiger partial charge in [0, 0.05) is 24.9 Å². The van der Waals surface area contributed by atoms with Gasteiger partial charge in [-0.3, -0.25) is 9.59 Å². The van der Waals surface area contributed by atoms with Crippen molar-refractivity contribution in [2.24, 2.45) is 23.7 Å². The van der Waals surface area contributed by atoms with E-state index >= 15 is 0 Å². The van der Waals surface area contributed by atoms with Crippen LogP contribution in [0.15, 0.2) is 23.8 Å². The smallest absolute Gasteiger partial charge is 0.308 e. The molecule has 17 atom stereocenters. The Balaban J connectivity index is 1.95. The van der Waals surface area contributed by atoms with Gasteiger partial charge in [-0.25, -0.2) is 0 Å². The molecular formula is C38H64INO13. The van der Waals surface area contributed by atoms with E-state index in [9.17, 15) is 35.1 Å². The molecule has 0 radical (unpaired) electrons. The molecule has 14 nitrogen and oxygen atoms in total. The van der Waals surface area contributed by atoms with Crippen molar-refractivity contribution in [3.05, 3.63) is 23.8 Å². The van der Waals surface area contributed by atoms with Crippen LogP contribution in [0.3, 0.4) is 0 Å². The Bertz CT molecular complexity index is 1220. The zero-order valence-corrected chi connectivity index (χ0v) is 34.8. The van der Waals surface area contributed by atoms with Crippen LogP contribution in [-0.2, 0) is 38.0 Å². The van der Waals surface area contributed by atoms with Crippen molar-refractivity contribution in [2.45, 2.75) is 147 Å². The second kappa shape index (κ2) is 21.4. The number of methoxy groups -OCH3 is 1. The van der Waals surface area contributed by atoms with Gasteiger partial charge in [0.15, 0.2) is 18.4 Å². The molecule has 0 aromatic rings. The minimum atomic E-state index is -1.25. The number of esters is 1. The van der Waals surface area contributed by atoms with Crippen molar-refractivity contribution in [3.8, 4) is 0 Å². The lowest BCUT2D eigenvalue weighted by atomic mass is 9.80. The lowest BCUT2D eigenvalue weighted by molar-refractivity contribution is -0.304. The first kappa shape index (κ1) is 46.3. The maximum atomic E-state index is 13.6. The van der Waals surface area contributed by atoms with Crippen LogP contribution in [-0.4, -0.2) is 154 Å². The van der Waals surface area contributed by atoms with Gasteiger partial charge < -0.3 is 58.9 Å². The number of cyclic esters (lactones) is 1. The molecular weight excluding hydrogens is 805 g/mol. The highest BCUT2D eigenvalue weighted by molar-refractivity contribution is 14.1. The molecule has 0 unspecified atom stereocenters. The van der Waals surface area contributed by atoms with Crippen LogP contribution in [0.5, 0.6) is 0 Å². The van der Waals surface area contributed by atoms with Gasteiger partial charge in [0.25, 0.3) is 0 Å². The van der Waals surface area contributed by atoms with Gasteiger partial charge >= 0.3 is 5.97 Å². The summed E-state index contributed by atoms with van der Waals surface area (Å²) in [4.78, 5) is 28.8. The van der Waals surface area contributed by atoms with Crippen LogP contribution >= 0.6 is 22.6 Å². The first-order valence-corrected chi connectivity index (χ1v) is 20.3. The molecule has 2 saturated heterocycles. The Kier molecular flexibility index (Phi) is 18.7. The third-order valence-electron chi connectivity index (χ3n) is 10.9. The molecule has 0 saturated carbocycles. The second-order valence-corrected chi connectivity index (χ2v) is 16.3. The molecule has 306 valence electrons. The number of hydrogen-bond donors (Lipinski definition) is 5. The highest BCUT2D eigenvalue weighted by Gasteiger charge is 2.48. The largest absolute Gasteiger partial charge is 0.462 e. The van der Waals surface area contributed by atoms with E-state index in [1.54, 1.807) is 45.8 Å². The molecule has 3 aliphatic heterocycles. The molecule has 0 aromatic heterocycles. The Morgan fingerprint density at radius 2 is 1.55 bits per heavy atom. The van der Waals surface area contributed by atoms with E-state index in [0.29, 0.717) is 19.3 Å². The summed E-state index contributed by atoms with van der Waals surface area (Å²) < 4.78 is 36.6. The van der Waals surface area contributed by atoms with E-state index in [1.165, 1.54) is 13.2 Å². The van der Waals surface area contributed by atoms with Crippen LogP contribution in [0.1, 0.15) is 67.2 Å². The standard InChI is InChI=1S/C38H64INO13/c1-10-28-25(18-49-38-36(48-9)34(47)32(45)23(6)51-38)15-19(2)11-12-26(41)20(3)16-24(13-14-39)35(21(4)27(42)17-29(43)52-28)53-37-33(46)30(40(7)8)31(44)22(5)50-37/h11-12,15,20-25,27-28,30-38,42,44-47H,10,13-14,16-18H2,1-9H3/b12-11+,19-15+/t20-,21+,22-,23-,24+,25-,27-,28-,30+,31-,32-,33-,34-,35-,36-,37+,38-/m1/s1. The van der Waals surface area contributed by atoms with Crippen molar-refractivity contribution in [1.82, 2.24) is 4.90 Å². The topological polar surface area (TPSA) is 194 Å². The summed E-state index contributed by atoms with van der Waals surface area (Å²) in [5.41, 5.74) is 0.728. The Morgan fingerprint density at radius 1 is 0.906 bits per heavy atom. The SMILES string of the molecule is CC[C@H]1OC(=O)C[C@@H](O)[C@H](C)[C@@H](O[C@@H]2O[C@H](C)[C@@H](O)[C@H](N(C)C)[C@H]2O)[C@@H](CCI)C[C@@H](C)C(=O)/C=C/C(C)=C/[C@@H]1CO[C@@H]1O[C@H](C)[C@@H](O)[C@@H](O)[C@H]1OC. The van der Waals surface area contributed by atoms with Crippen molar-refractivity contribution in [2.75, 3.05) is 32.2 Å². The van der Waals surface area contributed by atoms with Gasteiger partial charge in [-0.2, -0.15) is 0 Å². The molecule has 15 heteroatoms. The number of ketones is 1. The van der Waals surface area contributed by atoms with Crippen LogP contribution < -0.4 is 0 Å². The first-order chi connectivity index (χ1) is 24.9. The number of carbonyl (C=O) groups excluding carboxylic acids is 2. The third kappa shape index (κ3) is 12.2. The molecule has 0 bridgehead atoms. The van der Waals surface area contributed by atoms with Gasteiger partial charge in [-0.15, -0.1) is 0 Å². The first-order valence-electron chi connectivity index (χ1n) is 18.8. The quantitative estimate of drug-likeness (QED) is 0.122. The highest BCUT2D eigenvalue weighted by atomic mass is 127. The molecule has 0 spiro atoms. The van der Waals surface area contributed by atoms with Crippen LogP contribution in [0.2, 0.25) is 0 Å². The zero-order valence-electron chi connectivity index (χ0n) is 32.6. The van der Waals surface area contributed by atoms with Crippen LogP contribution in [0.4, 0.5) is 0 Å². The van der Waals surface area contributed by atoms with Crippen LogP contribution in [0, 0.1) is 23.7 Å². The molecule has 3 rings (SSSR count). The van der Waals surface area contributed by atoms with Crippen LogP contribution in [0.25, 0.3) is 0 Å². The van der Waals surface area contributed by atoms with E-state index in [0.717, 1.165) is 10.0 Å². The number of hydrogen-bond acceptors (Lipinski definition) is 14. The summed E-state index contributed by atoms with van der Waals surface area (Å²) in [7, 11) is 4.89. The minimum Gasteiger partial charge on any atom is -0.462 e. The number of alkyl halides is 1. The van der Waals surface area contributed by atoms with E-state index in [2.05, 4.69) is 22.6 Å². The third-order valence-corrected chi connectivity index (χ3v) is 11.6. The molecule has 0 amide bonds.